The fraction of sp³-hybridized carbons (Fsp3) is 0.500. The second kappa shape index (κ2) is 5.76. The summed E-state index contributed by atoms with van der Waals surface area (Å²) in [7, 11) is 1.67. The summed E-state index contributed by atoms with van der Waals surface area (Å²) < 4.78 is 16.7. The first-order valence-electron chi connectivity index (χ1n) is 6.56. The Bertz CT molecular complexity index is 430. The maximum absolute atomic E-state index is 5.76. The number of rotatable bonds is 2. The molecule has 1 aliphatic heterocycles. The van der Waals surface area contributed by atoms with Crippen molar-refractivity contribution in [2.45, 2.75) is 27.1 Å². The zero-order valence-electron chi connectivity index (χ0n) is 12.1. The second-order valence-electron chi connectivity index (χ2n) is 5.90. The van der Waals surface area contributed by atoms with Crippen LogP contribution in [0.3, 0.4) is 0 Å². The molecule has 0 aliphatic carbocycles. The van der Waals surface area contributed by atoms with Crippen LogP contribution in [0.15, 0.2) is 29.8 Å². The Kier molecular flexibility index (Phi) is 4.27. The molecular weight excluding hydrogens is 240 g/mol. The number of hydrogen-bond acceptors (Lipinski definition) is 3. The quantitative estimate of drug-likeness (QED) is 0.816. The van der Waals surface area contributed by atoms with E-state index in [0.29, 0.717) is 13.2 Å². The molecule has 0 unspecified atom stereocenters. The van der Waals surface area contributed by atoms with E-state index in [1.165, 1.54) is 0 Å². The van der Waals surface area contributed by atoms with Crippen LogP contribution in [0.25, 0.3) is 6.08 Å². The summed E-state index contributed by atoms with van der Waals surface area (Å²) in [5.41, 5.74) is 2.31. The molecule has 1 aromatic rings. The van der Waals surface area contributed by atoms with Gasteiger partial charge in [0.2, 0.25) is 0 Å². The largest absolute Gasteiger partial charge is 0.497 e. The molecule has 1 saturated heterocycles. The van der Waals surface area contributed by atoms with Crippen molar-refractivity contribution in [2.24, 2.45) is 5.41 Å². The summed E-state index contributed by atoms with van der Waals surface area (Å²) in [5, 5.41) is 0. The van der Waals surface area contributed by atoms with Crippen LogP contribution in [0.2, 0.25) is 0 Å². The second-order valence-corrected chi connectivity index (χ2v) is 5.90. The molecule has 104 valence electrons. The van der Waals surface area contributed by atoms with Crippen molar-refractivity contribution < 1.29 is 14.2 Å². The third kappa shape index (κ3) is 3.82. The van der Waals surface area contributed by atoms with Crippen molar-refractivity contribution in [1.29, 1.82) is 0 Å². The topological polar surface area (TPSA) is 27.7 Å². The van der Waals surface area contributed by atoms with Crippen molar-refractivity contribution in [2.75, 3.05) is 20.3 Å². The molecule has 0 N–H and O–H groups in total. The average molecular weight is 262 g/mol. The Morgan fingerprint density at radius 1 is 1.11 bits per heavy atom. The van der Waals surface area contributed by atoms with Gasteiger partial charge in [-0.05, 0) is 23.3 Å². The molecule has 0 bridgehead atoms. The van der Waals surface area contributed by atoms with E-state index < -0.39 is 0 Å². The van der Waals surface area contributed by atoms with Crippen LogP contribution in [-0.2, 0) is 9.47 Å². The normalized spacial score (nSPS) is 20.2. The highest BCUT2D eigenvalue weighted by atomic mass is 16.7. The van der Waals surface area contributed by atoms with E-state index in [0.717, 1.165) is 16.9 Å². The van der Waals surface area contributed by atoms with Crippen molar-refractivity contribution >= 4 is 6.08 Å². The van der Waals surface area contributed by atoms with Gasteiger partial charge in [0, 0.05) is 5.41 Å². The van der Waals surface area contributed by atoms with Gasteiger partial charge in [-0.25, -0.2) is 0 Å². The van der Waals surface area contributed by atoms with Crippen LogP contribution in [0.5, 0.6) is 5.75 Å². The third-order valence-electron chi connectivity index (χ3n) is 3.03. The Morgan fingerprint density at radius 3 is 2.16 bits per heavy atom. The molecule has 1 aromatic carbocycles. The first kappa shape index (κ1) is 14.1. The first-order chi connectivity index (χ1) is 8.99. The molecule has 3 heteroatoms. The molecule has 19 heavy (non-hydrogen) atoms. The first-order valence-corrected chi connectivity index (χ1v) is 6.56. The molecule has 0 spiro atoms. The highest BCUT2D eigenvalue weighted by Gasteiger charge is 2.29. The van der Waals surface area contributed by atoms with Gasteiger partial charge in [0.05, 0.1) is 20.3 Å². The maximum atomic E-state index is 5.76. The van der Waals surface area contributed by atoms with Crippen LogP contribution in [-0.4, -0.2) is 26.6 Å². The van der Waals surface area contributed by atoms with Gasteiger partial charge in [0.1, 0.15) is 5.75 Å². The highest BCUT2D eigenvalue weighted by Crippen LogP contribution is 2.27. The summed E-state index contributed by atoms with van der Waals surface area (Å²) in [6, 6.07) is 7.97. The molecule has 1 heterocycles. The van der Waals surface area contributed by atoms with Crippen molar-refractivity contribution in [3.05, 3.63) is 35.4 Å². The summed E-state index contributed by atoms with van der Waals surface area (Å²) in [6.45, 7) is 7.63. The standard InChI is InChI=1S/C16H22O3/c1-16(2,3)15-18-10-13(11-19-15)9-12-5-7-14(17-4)8-6-12/h5-9,15H,10-11H2,1-4H3. The number of ether oxygens (including phenoxy) is 3. The zero-order valence-corrected chi connectivity index (χ0v) is 12.1. The molecule has 0 saturated carbocycles. The van der Waals surface area contributed by atoms with Crippen molar-refractivity contribution in [3.63, 3.8) is 0 Å². The van der Waals surface area contributed by atoms with Gasteiger partial charge >= 0.3 is 0 Å². The fourth-order valence-electron chi connectivity index (χ4n) is 1.97. The van der Waals surface area contributed by atoms with Gasteiger partial charge in [0.25, 0.3) is 0 Å². The fourth-order valence-corrected chi connectivity index (χ4v) is 1.97. The molecule has 1 fully saturated rings. The summed E-state index contributed by atoms with van der Waals surface area (Å²) >= 11 is 0. The van der Waals surface area contributed by atoms with Gasteiger partial charge < -0.3 is 14.2 Å². The molecule has 3 nitrogen and oxygen atoms in total. The van der Waals surface area contributed by atoms with Gasteiger partial charge in [-0.3, -0.25) is 0 Å². The molecule has 0 amide bonds. The van der Waals surface area contributed by atoms with E-state index in [1.807, 2.05) is 24.3 Å². The zero-order chi connectivity index (χ0) is 13.9. The van der Waals surface area contributed by atoms with E-state index >= 15 is 0 Å². The Morgan fingerprint density at radius 2 is 1.68 bits per heavy atom. The van der Waals surface area contributed by atoms with Crippen LogP contribution in [0.4, 0.5) is 0 Å². The Labute approximate surface area is 115 Å². The molecule has 0 atom stereocenters. The predicted molar refractivity (Wildman–Crippen MR) is 76.1 cm³/mol. The van der Waals surface area contributed by atoms with Gasteiger partial charge in [-0.15, -0.1) is 0 Å². The van der Waals surface area contributed by atoms with E-state index in [9.17, 15) is 0 Å². The number of methoxy groups -OCH3 is 1. The molecule has 0 aromatic heterocycles. The van der Waals surface area contributed by atoms with Crippen LogP contribution >= 0.6 is 0 Å². The molecule has 1 aliphatic rings. The smallest absolute Gasteiger partial charge is 0.163 e. The van der Waals surface area contributed by atoms with E-state index in [-0.39, 0.29) is 11.7 Å². The minimum atomic E-state index is -0.125. The maximum Gasteiger partial charge on any atom is 0.163 e. The van der Waals surface area contributed by atoms with Crippen molar-refractivity contribution in [1.82, 2.24) is 0 Å². The number of hydrogen-bond donors (Lipinski definition) is 0. The van der Waals surface area contributed by atoms with E-state index in [1.54, 1.807) is 7.11 Å². The lowest BCUT2D eigenvalue weighted by atomic mass is 9.95. The third-order valence-corrected chi connectivity index (χ3v) is 3.03. The van der Waals surface area contributed by atoms with Gasteiger partial charge in [-0.1, -0.05) is 39.0 Å². The lowest BCUT2D eigenvalue weighted by Gasteiger charge is -2.34. The van der Waals surface area contributed by atoms with Crippen molar-refractivity contribution in [3.8, 4) is 5.75 Å². The average Bonchev–Trinajstić information content (AvgIpc) is 2.39. The lowest BCUT2D eigenvalue weighted by molar-refractivity contribution is -0.205. The van der Waals surface area contributed by atoms with Gasteiger partial charge in [0.15, 0.2) is 6.29 Å². The number of benzene rings is 1. The summed E-state index contributed by atoms with van der Waals surface area (Å²) in [6.07, 6.45) is 1.98. The Hall–Kier alpha value is -1.32. The molecule has 2 rings (SSSR count). The minimum absolute atomic E-state index is 0.0195. The van der Waals surface area contributed by atoms with Crippen LogP contribution in [0, 0.1) is 5.41 Å². The van der Waals surface area contributed by atoms with Crippen LogP contribution in [0.1, 0.15) is 26.3 Å². The summed E-state index contributed by atoms with van der Waals surface area (Å²) in [4.78, 5) is 0. The molecule has 0 radical (unpaired) electrons. The van der Waals surface area contributed by atoms with E-state index in [2.05, 4.69) is 26.8 Å². The Balaban J connectivity index is 1.98. The lowest BCUT2D eigenvalue weighted by Crippen LogP contribution is -2.37. The van der Waals surface area contributed by atoms with E-state index in [4.69, 9.17) is 14.2 Å². The highest BCUT2D eigenvalue weighted by molar-refractivity contribution is 5.54. The predicted octanol–water partition coefficient (Wildman–Crippen LogP) is 3.50. The minimum Gasteiger partial charge on any atom is -0.497 e. The SMILES string of the molecule is COc1ccc(C=C2COC(C(C)(C)C)OC2)cc1. The monoisotopic (exact) mass is 262 g/mol. The molecular formula is C16H22O3. The van der Waals surface area contributed by atoms with Gasteiger partial charge in [-0.2, -0.15) is 0 Å². The van der Waals surface area contributed by atoms with Crippen LogP contribution < -0.4 is 4.74 Å². The summed E-state index contributed by atoms with van der Waals surface area (Å²) in [5.74, 6) is 0.867.